The Morgan fingerprint density at radius 3 is 2.39 bits per heavy atom. The van der Waals surface area contributed by atoms with Crippen molar-refractivity contribution in [2.24, 2.45) is 0 Å². The maximum Gasteiger partial charge on any atom is 0.421 e. The molecule has 4 rings (SSSR count). The third-order valence-corrected chi connectivity index (χ3v) is 6.00. The Morgan fingerprint density at radius 2 is 1.82 bits per heavy atom. The van der Waals surface area contributed by atoms with Crippen LogP contribution in [0.4, 0.5) is 23.9 Å². The maximum atomic E-state index is 12.9. The number of nitrogens with zero attached hydrogens (tertiary/aromatic N) is 4. The van der Waals surface area contributed by atoms with Crippen molar-refractivity contribution in [2.45, 2.75) is 57.3 Å². The molecule has 178 valence electrons. The lowest BCUT2D eigenvalue weighted by atomic mass is 10.1. The summed E-state index contributed by atoms with van der Waals surface area (Å²) in [5.74, 6) is 1.21. The van der Waals surface area contributed by atoms with Gasteiger partial charge < -0.3 is 14.6 Å². The van der Waals surface area contributed by atoms with Crippen molar-refractivity contribution in [1.82, 2.24) is 19.9 Å². The predicted octanol–water partition coefficient (Wildman–Crippen LogP) is 3.34. The number of piperazine rings is 1. The number of carbonyl (C=O) groups is 1. The van der Waals surface area contributed by atoms with Crippen LogP contribution in [0.25, 0.3) is 0 Å². The van der Waals surface area contributed by atoms with Gasteiger partial charge in [0.2, 0.25) is 5.95 Å². The van der Waals surface area contributed by atoms with Crippen molar-refractivity contribution >= 4 is 12.0 Å². The highest BCUT2D eigenvalue weighted by molar-refractivity contribution is 5.69. The summed E-state index contributed by atoms with van der Waals surface area (Å²) in [6.07, 6.45) is 2.09. The number of aromatic amines is 1. The molecule has 2 fully saturated rings. The van der Waals surface area contributed by atoms with E-state index in [1.165, 1.54) is 19.0 Å². The number of aromatic nitrogens is 3. The molecule has 0 aromatic carbocycles. The van der Waals surface area contributed by atoms with Crippen molar-refractivity contribution in [2.75, 3.05) is 24.6 Å². The minimum atomic E-state index is -4.74. The molecule has 0 unspecified atom stereocenters. The SMILES string of the molecule is C[C@@H]1CN(c2ncc(C3CC3)cn2)C[C@H](C)N1C(=O)OCCc1c[nH]c(=O)c(C(F)(F)F)c1. The van der Waals surface area contributed by atoms with E-state index < -0.39 is 23.4 Å². The highest BCUT2D eigenvalue weighted by atomic mass is 19.4. The van der Waals surface area contributed by atoms with Gasteiger partial charge in [0.05, 0.1) is 18.7 Å². The second-order valence-electron chi connectivity index (χ2n) is 8.71. The summed E-state index contributed by atoms with van der Waals surface area (Å²) >= 11 is 0. The fourth-order valence-electron chi connectivity index (χ4n) is 4.18. The molecule has 1 amide bonds. The summed E-state index contributed by atoms with van der Waals surface area (Å²) < 4.78 is 44.0. The molecule has 3 heterocycles. The van der Waals surface area contributed by atoms with Gasteiger partial charge in [-0.1, -0.05) is 0 Å². The molecular formula is C22H26F3N5O3. The molecular weight excluding hydrogens is 439 g/mol. The van der Waals surface area contributed by atoms with Gasteiger partial charge in [-0.15, -0.1) is 0 Å². The summed E-state index contributed by atoms with van der Waals surface area (Å²) in [6.45, 7) is 4.78. The van der Waals surface area contributed by atoms with E-state index in [2.05, 4.69) is 15.0 Å². The number of amides is 1. The van der Waals surface area contributed by atoms with Crippen molar-refractivity contribution < 1.29 is 22.7 Å². The van der Waals surface area contributed by atoms with Crippen LogP contribution >= 0.6 is 0 Å². The van der Waals surface area contributed by atoms with Crippen LogP contribution < -0.4 is 10.5 Å². The second-order valence-corrected chi connectivity index (χ2v) is 8.71. The van der Waals surface area contributed by atoms with Crippen LogP contribution in [0, 0.1) is 0 Å². The monoisotopic (exact) mass is 465 g/mol. The zero-order valence-electron chi connectivity index (χ0n) is 18.4. The number of anilines is 1. The lowest BCUT2D eigenvalue weighted by molar-refractivity contribution is -0.138. The predicted molar refractivity (Wildman–Crippen MR) is 114 cm³/mol. The van der Waals surface area contributed by atoms with E-state index >= 15 is 0 Å². The van der Waals surface area contributed by atoms with Crippen LogP contribution in [-0.2, 0) is 17.3 Å². The molecule has 2 aliphatic rings. The number of H-pyrrole nitrogens is 1. The molecule has 1 saturated carbocycles. The van der Waals surface area contributed by atoms with Gasteiger partial charge in [-0.2, -0.15) is 13.2 Å². The molecule has 0 spiro atoms. The normalized spacial score (nSPS) is 21.2. The summed E-state index contributed by atoms with van der Waals surface area (Å²) in [5.41, 5.74) is -1.08. The van der Waals surface area contributed by atoms with Gasteiger partial charge in [0.15, 0.2) is 0 Å². The Morgan fingerprint density at radius 1 is 1.18 bits per heavy atom. The summed E-state index contributed by atoms with van der Waals surface area (Å²) in [6, 6.07) is 0.446. The molecule has 2 atom stereocenters. The summed E-state index contributed by atoms with van der Waals surface area (Å²) in [7, 11) is 0. The molecule has 2 aromatic rings. The standard InChI is InChI=1S/C22H26F3N5O3/c1-13-11-29(20-27-9-17(10-28-20)16-3-4-16)12-14(2)30(13)21(32)33-6-5-15-7-18(22(23,24)25)19(31)26-8-15/h7-10,13-14,16H,3-6,11-12H2,1-2H3,(H,26,31)/t13-,14+. The van der Waals surface area contributed by atoms with Crippen LogP contribution in [0.3, 0.4) is 0 Å². The first-order valence-electron chi connectivity index (χ1n) is 10.9. The third-order valence-electron chi connectivity index (χ3n) is 6.00. The Balaban J connectivity index is 1.32. The minimum Gasteiger partial charge on any atom is -0.449 e. The van der Waals surface area contributed by atoms with E-state index in [0.717, 1.165) is 11.6 Å². The molecule has 0 bridgehead atoms. The third kappa shape index (κ3) is 5.28. The smallest absolute Gasteiger partial charge is 0.421 e. The van der Waals surface area contributed by atoms with Gasteiger partial charge in [0.25, 0.3) is 5.56 Å². The quantitative estimate of drug-likeness (QED) is 0.728. The molecule has 8 nitrogen and oxygen atoms in total. The van der Waals surface area contributed by atoms with Crippen molar-refractivity contribution in [3.05, 3.63) is 51.7 Å². The van der Waals surface area contributed by atoms with E-state index in [0.29, 0.717) is 25.0 Å². The average molecular weight is 465 g/mol. The van der Waals surface area contributed by atoms with Crippen molar-refractivity contribution in [3.8, 4) is 0 Å². The van der Waals surface area contributed by atoms with E-state index in [1.54, 1.807) is 4.90 Å². The van der Waals surface area contributed by atoms with E-state index in [4.69, 9.17) is 4.74 Å². The first kappa shape index (κ1) is 23.1. The Hall–Kier alpha value is -3.11. The fourth-order valence-corrected chi connectivity index (χ4v) is 4.18. The number of halogens is 3. The summed E-state index contributed by atoms with van der Waals surface area (Å²) in [4.78, 5) is 38.8. The fraction of sp³-hybridized carbons (Fsp3) is 0.545. The average Bonchev–Trinajstić information content (AvgIpc) is 3.59. The number of hydrogen-bond donors (Lipinski definition) is 1. The van der Waals surface area contributed by atoms with Crippen LogP contribution in [0.5, 0.6) is 0 Å². The van der Waals surface area contributed by atoms with Crippen molar-refractivity contribution in [3.63, 3.8) is 0 Å². The summed E-state index contributed by atoms with van der Waals surface area (Å²) in [5, 5.41) is 0. The van der Waals surface area contributed by atoms with Crippen LogP contribution in [0.1, 0.15) is 49.3 Å². The molecule has 1 saturated heterocycles. The Bertz CT molecular complexity index is 1040. The highest BCUT2D eigenvalue weighted by Gasteiger charge is 2.36. The van der Waals surface area contributed by atoms with Gasteiger partial charge in [0.1, 0.15) is 5.56 Å². The number of pyridine rings is 1. The molecule has 1 aliphatic heterocycles. The van der Waals surface area contributed by atoms with Crippen LogP contribution in [0.15, 0.2) is 29.5 Å². The van der Waals surface area contributed by atoms with E-state index in [9.17, 15) is 22.8 Å². The first-order chi connectivity index (χ1) is 15.6. The number of carbonyl (C=O) groups excluding carboxylic acids is 1. The van der Waals surface area contributed by atoms with Gasteiger partial charge in [0, 0.05) is 38.1 Å². The Kier molecular flexibility index (Phi) is 6.31. The molecule has 1 aliphatic carbocycles. The van der Waals surface area contributed by atoms with Crippen LogP contribution in [0.2, 0.25) is 0 Å². The number of rotatable bonds is 5. The molecule has 11 heteroatoms. The van der Waals surface area contributed by atoms with Gasteiger partial charge in [-0.25, -0.2) is 14.8 Å². The molecule has 33 heavy (non-hydrogen) atoms. The van der Waals surface area contributed by atoms with Crippen molar-refractivity contribution in [1.29, 1.82) is 0 Å². The van der Waals surface area contributed by atoms with Gasteiger partial charge in [-0.05, 0) is 49.8 Å². The Labute approximate surface area is 188 Å². The van der Waals surface area contributed by atoms with Crippen LogP contribution in [-0.4, -0.2) is 57.7 Å². The van der Waals surface area contributed by atoms with Gasteiger partial charge >= 0.3 is 12.3 Å². The number of hydrogen-bond acceptors (Lipinski definition) is 6. The number of ether oxygens (including phenoxy) is 1. The lowest BCUT2D eigenvalue weighted by Crippen LogP contribution is -2.59. The number of alkyl halides is 3. The zero-order chi connectivity index (χ0) is 23.8. The van der Waals surface area contributed by atoms with E-state index in [1.807, 2.05) is 31.1 Å². The molecule has 2 aromatic heterocycles. The highest BCUT2D eigenvalue weighted by Crippen LogP contribution is 2.39. The first-order valence-corrected chi connectivity index (χ1v) is 10.9. The maximum absolute atomic E-state index is 12.9. The van der Waals surface area contributed by atoms with Gasteiger partial charge in [-0.3, -0.25) is 9.69 Å². The molecule has 1 N–H and O–H groups in total. The topological polar surface area (TPSA) is 91.4 Å². The minimum absolute atomic E-state index is 0.0511. The zero-order valence-corrected chi connectivity index (χ0v) is 18.4. The van der Waals surface area contributed by atoms with E-state index in [-0.39, 0.29) is 30.7 Å². The number of nitrogens with one attached hydrogen (secondary N) is 1. The second kappa shape index (κ2) is 9.03. The lowest BCUT2D eigenvalue weighted by Gasteiger charge is -2.43. The molecule has 0 radical (unpaired) electrons. The largest absolute Gasteiger partial charge is 0.449 e.